The molecule has 21 heavy (non-hydrogen) atoms. The maximum absolute atomic E-state index is 12.9. The minimum absolute atomic E-state index is 0.0886. The van der Waals surface area contributed by atoms with E-state index in [0.29, 0.717) is 24.4 Å². The van der Waals surface area contributed by atoms with Gasteiger partial charge in [0.2, 0.25) is 10.0 Å². The van der Waals surface area contributed by atoms with Crippen LogP contribution in [0.5, 0.6) is 0 Å². The third-order valence-corrected chi connectivity index (χ3v) is 5.63. The Hall–Kier alpha value is -1.35. The van der Waals surface area contributed by atoms with Crippen molar-refractivity contribution in [1.29, 1.82) is 0 Å². The fourth-order valence-corrected chi connectivity index (χ4v) is 4.08. The van der Waals surface area contributed by atoms with Crippen molar-refractivity contribution in [3.63, 3.8) is 0 Å². The van der Waals surface area contributed by atoms with Crippen LogP contribution in [0.3, 0.4) is 0 Å². The SMILES string of the molecule is C#CCN(CC1CC1)S(=O)(=O)c1cc(CO)ccc1CC. The number of aliphatic hydroxyl groups is 1. The summed E-state index contributed by atoms with van der Waals surface area (Å²) in [6, 6.07) is 5.08. The number of nitrogens with zero attached hydrogens (tertiary/aromatic N) is 1. The van der Waals surface area contributed by atoms with E-state index in [9.17, 15) is 13.5 Å². The molecule has 0 radical (unpaired) electrons. The van der Waals surface area contributed by atoms with Crippen molar-refractivity contribution >= 4 is 10.0 Å². The van der Waals surface area contributed by atoms with Crippen molar-refractivity contribution in [3.8, 4) is 12.3 Å². The number of aryl methyl sites for hydroxylation is 1. The Morgan fingerprint density at radius 2 is 2.14 bits per heavy atom. The van der Waals surface area contributed by atoms with Gasteiger partial charge in [-0.25, -0.2) is 8.42 Å². The summed E-state index contributed by atoms with van der Waals surface area (Å²) in [5.41, 5.74) is 1.35. The summed E-state index contributed by atoms with van der Waals surface area (Å²) in [5.74, 6) is 2.87. The highest BCUT2D eigenvalue weighted by Gasteiger charge is 2.32. The van der Waals surface area contributed by atoms with Crippen LogP contribution < -0.4 is 0 Å². The molecule has 0 saturated heterocycles. The van der Waals surface area contributed by atoms with Crippen molar-refractivity contribution in [2.45, 2.75) is 37.7 Å². The molecular weight excluding hydrogens is 286 g/mol. The van der Waals surface area contributed by atoms with Gasteiger partial charge in [0.15, 0.2) is 0 Å². The molecule has 0 unspecified atom stereocenters. The summed E-state index contributed by atoms with van der Waals surface area (Å²) in [5, 5.41) is 9.25. The molecule has 0 spiro atoms. The van der Waals surface area contributed by atoms with Crippen LogP contribution in [0.15, 0.2) is 23.1 Å². The van der Waals surface area contributed by atoms with Crippen LogP contribution in [-0.2, 0) is 23.1 Å². The third kappa shape index (κ3) is 3.65. The number of terminal acetylenes is 1. The lowest BCUT2D eigenvalue weighted by Gasteiger charge is -2.21. The molecule has 1 aromatic rings. The van der Waals surface area contributed by atoms with E-state index in [4.69, 9.17) is 6.42 Å². The molecule has 1 N–H and O–H groups in total. The summed E-state index contributed by atoms with van der Waals surface area (Å²) < 4.78 is 27.2. The molecule has 0 atom stereocenters. The van der Waals surface area contributed by atoms with Crippen LogP contribution in [0, 0.1) is 18.3 Å². The molecular formula is C16H21NO3S. The Balaban J connectivity index is 2.42. The van der Waals surface area contributed by atoms with Gasteiger partial charge in [-0.3, -0.25) is 0 Å². The smallest absolute Gasteiger partial charge is 0.244 e. The van der Waals surface area contributed by atoms with Crippen molar-refractivity contribution in [1.82, 2.24) is 4.31 Å². The van der Waals surface area contributed by atoms with E-state index in [-0.39, 0.29) is 18.0 Å². The molecule has 1 aliphatic rings. The van der Waals surface area contributed by atoms with Gasteiger partial charge in [0.1, 0.15) is 0 Å². The fraction of sp³-hybridized carbons (Fsp3) is 0.500. The summed E-state index contributed by atoms with van der Waals surface area (Å²) in [7, 11) is -3.61. The molecule has 0 aromatic heterocycles. The van der Waals surface area contributed by atoms with Gasteiger partial charge in [-0.1, -0.05) is 25.0 Å². The standard InChI is InChI=1S/C16H21NO3S/c1-3-9-17(11-13-5-6-13)21(19,20)16-10-14(12-18)7-8-15(16)4-2/h1,7-8,10,13,18H,4-6,9,11-12H2,2H3. The molecule has 114 valence electrons. The molecule has 1 aliphatic carbocycles. The third-order valence-electron chi connectivity index (χ3n) is 3.74. The Labute approximate surface area is 126 Å². The predicted octanol–water partition coefficient (Wildman–Crippen LogP) is 1.78. The van der Waals surface area contributed by atoms with E-state index in [2.05, 4.69) is 5.92 Å². The zero-order valence-electron chi connectivity index (χ0n) is 12.2. The molecule has 0 aliphatic heterocycles. The topological polar surface area (TPSA) is 57.6 Å². The van der Waals surface area contributed by atoms with Crippen molar-refractivity contribution < 1.29 is 13.5 Å². The molecule has 1 aromatic carbocycles. The summed E-state index contributed by atoms with van der Waals surface area (Å²) >= 11 is 0. The lowest BCUT2D eigenvalue weighted by molar-refractivity contribution is 0.281. The minimum atomic E-state index is -3.61. The van der Waals surface area contributed by atoms with Crippen molar-refractivity contribution in [2.24, 2.45) is 5.92 Å². The maximum atomic E-state index is 12.9. The average molecular weight is 307 g/mol. The van der Waals surface area contributed by atoms with E-state index in [0.717, 1.165) is 18.4 Å². The van der Waals surface area contributed by atoms with Crippen molar-refractivity contribution in [3.05, 3.63) is 29.3 Å². The monoisotopic (exact) mass is 307 g/mol. The number of hydrogen-bond acceptors (Lipinski definition) is 3. The largest absolute Gasteiger partial charge is 0.392 e. The van der Waals surface area contributed by atoms with E-state index >= 15 is 0 Å². The number of sulfonamides is 1. The number of aliphatic hydroxyl groups excluding tert-OH is 1. The molecule has 1 fully saturated rings. The minimum Gasteiger partial charge on any atom is -0.392 e. The van der Waals surface area contributed by atoms with Gasteiger partial charge in [-0.05, 0) is 42.4 Å². The van der Waals surface area contributed by atoms with E-state index in [1.807, 2.05) is 6.92 Å². The van der Waals surface area contributed by atoms with Gasteiger partial charge >= 0.3 is 0 Å². The first-order valence-corrected chi connectivity index (χ1v) is 8.63. The van der Waals surface area contributed by atoms with Gasteiger partial charge in [0, 0.05) is 6.54 Å². The number of benzene rings is 1. The Morgan fingerprint density at radius 3 is 2.67 bits per heavy atom. The first kappa shape index (κ1) is 16.0. The van der Waals surface area contributed by atoms with Gasteiger partial charge in [-0.15, -0.1) is 6.42 Å². The highest BCUT2D eigenvalue weighted by molar-refractivity contribution is 7.89. The lowest BCUT2D eigenvalue weighted by atomic mass is 10.1. The Morgan fingerprint density at radius 1 is 1.43 bits per heavy atom. The fourth-order valence-electron chi connectivity index (χ4n) is 2.31. The van der Waals surface area contributed by atoms with Crippen LogP contribution in [0.25, 0.3) is 0 Å². The van der Waals surface area contributed by atoms with Crippen LogP contribution >= 0.6 is 0 Å². The number of hydrogen-bond donors (Lipinski definition) is 1. The quantitative estimate of drug-likeness (QED) is 0.781. The van der Waals surface area contributed by atoms with Gasteiger partial charge in [0.25, 0.3) is 0 Å². The highest BCUT2D eigenvalue weighted by atomic mass is 32.2. The van der Waals surface area contributed by atoms with Crippen molar-refractivity contribution in [2.75, 3.05) is 13.1 Å². The number of rotatable bonds is 7. The molecule has 0 bridgehead atoms. The van der Waals surface area contributed by atoms with Crippen LogP contribution in [-0.4, -0.2) is 30.9 Å². The summed E-state index contributed by atoms with van der Waals surface area (Å²) in [4.78, 5) is 0.271. The van der Waals surface area contributed by atoms with Crippen LogP contribution in [0.4, 0.5) is 0 Å². The zero-order valence-corrected chi connectivity index (χ0v) is 13.1. The van der Waals surface area contributed by atoms with E-state index in [1.165, 1.54) is 4.31 Å². The second-order valence-corrected chi connectivity index (χ2v) is 7.31. The Kier molecular flexibility index (Phi) is 5.04. The normalized spacial score (nSPS) is 15.1. The molecule has 2 rings (SSSR count). The van der Waals surface area contributed by atoms with E-state index in [1.54, 1.807) is 18.2 Å². The van der Waals surface area contributed by atoms with Gasteiger partial charge in [-0.2, -0.15) is 4.31 Å². The maximum Gasteiger partial charge on any atom is 0.244 e. The Bertz CT molecular complexity index is 642. The van der Waals surface area contributed by atoms with E-state index < -0.39 is 10.0 Å². The van der Waals surface area contributed by atoms with Crippen LogP contribution in [0.2, 0.25) is 0 Å². The average Bonchev–Trinajstić information content (AvgIpc) is 3.30. The van der Waals surface area contributed by atoms with Gasteiger partial charge in [0.05, 0.1) is 18.0 Å². The highest BCUT2D eigenvalue weighted by Crippen LogP contribution is 2.32. The van der Waals surface area contributed by atoms with Crippen LogP contribution in [0.1, 0.15) is 30.9 Å². The molecule has 0 heterocycles. The molecule has 4 nitrogen and oxygen atoms in total. The predicted molar refractivity (Wildman–Crippen MR) is 82.1 cm³/mol. The lowest BCUT2D eigenvalue weighted by Crippen LogP contribution is -2.34. The molecule has 0 amide bonds. The van der Waals surface area contributed by atoms with Gasteiger partial charge < -0.3 is 5.11 Å². The molecule has 5 heteroatoms. The second-order valence-electron chi connectivity index (χ2n) is 5.40. The first-order valence-electron chi connectivity index (χ1n) is 7.19. The second kappa shape index (κ2) is 6.61. The first-order chi connectivity index (χ1) is 10.0. The summed E-state index contributed by atoms with van der Waals surface area (Å²) in [6.45, 7) is 2.31. The zero-order chi connectivity index (χ0) is 15.5. The molecule has 1 saturated carbocycles. The summed E-state index contributed by atoms with van der Waals surface area (Å²) in [6.07, 6.45) is 8.08.